The van der Waals surface area contributed by atoms with Crippen LogP contribution in [0, 0.1) is 5.92 Å². The average Bonchev–Trinajstić information content (AvgIpc) is 2.55. The first kappa shape index (κ1) is 11.3. The Labute approximate surface area is 86.9 Å². The van der Waals surface area contributed by atoms with Crippen molar-refractivity contribution in [2.75, 3.05) is 13.6 Å². The van der Waals surface area contributed by atoms with Gasteiger partial charge in [0, 0.05) is 19.6 Å². The van der Waals surface area contributed by atoms with Crippen molar-refractivity contribution in [3.63, 3.8) is 0 Å². The second-order valence-corrected chi connectivity index (χ2v) is 4.71. The number of hydrogen-bond acceptors (Lipinski definition) is 1. The van der Waals surface area contributed by atoms with Gasteiger partial charge in [0.2, 0.25) is 0 Å². The van der Waals surface area contributed by atoms with E-state index in [1.165, 1.54) is 12.8 Å². The molecule has 14 heavy (non-hydrogen) atoms. The largest absolute Gasteiger partial charge is 0.335 e. The predicted octanol–water partition coefficient (Wildman–Crippen LogP) is 2.23. The minimum Gasteiger partial charge on any atom is -0.335 e. The van der Waals surface area contributed by atoms with Gasteiger partial charge in [-0.1, -0.05) is 26.7 Å². The topological polar surface area (TPSA) is 32.3 Å². The Morgan fingerprint density at radius 1 is 1.43 bits per heavy atom. The van der Waals surface area contributed by atoms with E-state index >= 15 is 0 Å². The molecule has 0 heterocycles. The molecule has 0 saturated heterocycles. The van der Waals surface area contributed by atoms with Crippen LogP contribution in [-0.4, -0.2) is 30.6 Å². The van der Waals surface area contributed by atoms with E-state index in [-0.39, 0.29) is 6.03 Å². The van der Waals surface area contributed by atoms with Crippen LogP contribution in [0.3, 0.4) is 0 Å². The highest BCUT2D eigenvalue weighted by molar-refractivity contribution is 5.74. The zero-order chi connectivity index (χ0) is 10.6. The molecule has 1 rings (SSSR count). The Balaban J connectivity index is 2.25. The third-order valence-electron chi connectivity index (χ3n) is 2.67. The Kier molecular flexibility index (Phi) is 4.23. The minimum atomic E-state index is 0.0885. The monoisotopic (exact) mass is 198 g/mol. The van der Waals surface area contributed by atoms with Crippen LogP contribution >= 0.6 is 0 Å². The van der Waals surface area contributed by atoms with Crippen LogP contribution < -0.4 is 5.32 Å². The van der Waals surface area contributed by atoms with Crippen LogP contribution in [0.4, 0.5) is 4.79 Å². The van der Waals surface area contributed by atoms with Gasteiger partial charge in [0.15, 0.2) is 0 Å². The number of carbonyl (C=O) groups excluding carboxylic acids is 1. The smallest absolute Gasteiger partial charge is 0.317 e. The summed E-state index contributed by atoms with van der Waals surface area (Å²) in [5.74, 6) is 0.536. The fraction of sp³-hybridized carbons (Fsp3) is 0.909. The lowest BCUT2D eigenvalue weighted by Gasteiger charge is -2.22. The Bertz CT molecular complexity index is 186. The molecule has 1 aliphatic rings. The van der Waals surface area contributed by atoms with Gasteiger partial charge < -0.3 is 10.2 Å². The quantitative estimate of drug-likeness (QED) is 0.741. The fourth-order valence-electron chi connectivity index (χ4n) is 1.99. The van der Waals surface area contributed by atoms with Crippen molar-refractivity contribution in [2.24, 2.45) is 5.92 Å². The van der Waals surface area contributed by atoms with E-state index in [9.17, 15) is 4.79 Å². The van der Waals surface area contributed by atoms with Crippen molar-refractivity contribution in [3.05, 3.63) is 0 Å². The second-order valence-electron chi connectivity index (χ2n) is 4.71. The van der Waals surface area contributed by atoms with Crippen molar-refractivity contribution in [1.29, 1.82) is 0 Å². The summed E-state index contributed by atoms with van der Waals surface area (Å²) in [6, 6.07) is 0.516. The highest BCUT2D eigenvalue weighted by Gasteiger charge is 2.19. The van der Waals surface area contributed by atoms with Crippen molar-refractivity contribution in [1.82, 2.24) is 10.2 Å². The second kappa shape index (κ2) is 5.23. The molecule has 1 N–H and O–H groups in total. The van der Waals surface area contributed by atoms with Gasteiger partial charge in [-0.3, -0.25) is 0 Å². The van der Waals surface area contributed by atoms with E-state index in [2.05, 4.69) is 19.2 Å². The minimum absolute atomic E-state index is 0.0885. The molecule has 0 radical (unpaired) electrons. The molecule has 0 spiro atoms. The number of urea groups is 1. The molecule has 3 nitrogen and oxygen atoms in total. The summed E-state index contributed by atoms with van der Waals surface area (Å²) in [6.07, 6.45) is 4.83. The first-order chi connectivity index (χ1) is 6.59. The molecule has 3 heteroatoms. The maximum Gasteiger partial charge on any atom is 0.317 e. The summed E-state index contributed by atoms with van der Waals surface area (Å²) < 4.78 is 0. The number of hydrogen-bond donors (Lipinski definition) is 1. The van der Waals surface area contributed by atoms with Crippen LogP contribution in [0.5, 0.6) is 0 Å². The van der Waals surface area contributed by atoms with Gasteiger partial charge in [-0.25, -0.2) is 4.79 Å². The highest BCUT2D eigenvalue weighted by Crippen LogP contribution is 2.17. The Hall–Kier alpha value is -0.730. The summed E-state index contributed by atoms with van der Waals surface area (Å²) in [5.41, 5.74) is 0. The molecule has 0 aliphatic heterocycles. The first-order valence-corrected chi connectivity index (χ1v) is 5.61. The standard InChI is InChI=1S/C11H22N2O/c1-9(2)8-13(3)11(14)12-10-6-4-5-7-10/h9-10H,4-8H2,1-3H3,(H,12,14). The third-order valence-corrected chi connectivity index (χ3v) is 2.67. The number of nitrogens with zero attached hydrogens (tertiary/aromatic N) is 1. The SMILES string of the molecule is CC(C)CN(C)C(=O)NC1CCCC1. The first-order valence-electron chi connectivity index (χ1n) is 5.61. The van der Waals surface area contributed by atoms with Gasteiger partial charge >= 0.3 is 6.03 Å². The van der Waals surface area contributed by atoms with Gasteiger partial charge in [0.1, 0.15) is 0 Å². The fourth-order valence-corrected chi connectivity index (χ4v) is 1.99. The van der Waals surface area contributed by atoms with E-state index in [4.69, 9.17) is 0 Å². The van der Waals surface area contributed by atoms with E-state index < -0.39 is 0 Å². The molecule has 0 aromatic carbocycles. The van der Waals surface area contributed by atoms with Crippen LogP contribution in [0.1, 0.15) is 39.5 Å². The molecule has 0 aromatic heterocycles. The van der Waals surface area contributed by atoms with Crippen molar-refractivity contribution in [2.45, 2.75) is 45.6 Å². The van der Waals surface area contributed by atoms with Gasteiger partial charge in [0.05, 0.1) is 0 Å². The van der Waals surface area contributed by atoms with Gasteiger partial charge in [-0.2, -0.15) is 0 Å². The van der Waals surface area contributed by atoms with Crippen LogP contribution in [0.25, 0.3) is 0 Å². The molecule has 1 saturated carbocycles. The van der Waals surface area contributed by atoms with Crippen LogP contribution in [0.2, 0.25) is 0 Å². The molecular formula is C11H22N2O. The molecule has 1 fully saturated rings. The van der Waals surface area contributed by atoms with Crippen LogP contribution in [0.15, 0.2) is 0 Å². The molecule has 2 amide bonds. The molecule has 0 atom stereocenters. The van der Waals surface area contributed by atoms with Crippen molar-refractivity contribution < 1.29 is 4.79 Å². The lowest BCUT2D eigenvalue weighted by atomic mass is 10.2. The molecule has 82 valence electrons. The summed E-state index contributed by atoms with van der Waals surface area (Å²) in [4.78, 5) is 13.4. The lowest BCUT2D eigenvalue weighted by molar-refractivity contribution is 0.199. The number of carbonyl (C=O) groups is 1. The van der Waals surface area contributed by atoms with Crippen molar-refractivity contribution >= 4 is 6.03 Å². The van der Waals surface area contributed by atoms with E-state index in [0.717, 1.165) is 19.4 Å². The Morgan fingerprint density at radius 3 is 2.50 bits per heavy atom. The zero-order valence-corrected chi connectivity index (χ0v) is 9.55. The molecule has 0 unspecified atom stereocenters. The van der Waals surface area contributed by atoms with E-state index in [0.29, 0.717) is 12.0 Å². The van der Waals surface area contributed by atoms with E-state index in [1.807, 2.05) is 7.05 Å². The van der Waals surface area contributed by atoms with E-state index in [1.54, 1.807) is 4.90 Å². The summed E-state index contributed by atoms with van der Waals surface area (Å²) in [7, 11) is 1.87. The molecule has 0 aromatic rings. The Morgan fingerprint density at radius 2 is 2.00 bits per heavy atom. The zero-order valence-electron chi connectivity index (χ0n) is 9.55. The molecular weight excluding hydrogens is 176 g/mol. The lowest BCUT2D eigenvalue weighted by Crippen LogP contribution is -2.43. The van der Waals surface area contributed by atoms with Gasteiger partial charge in [-0.15, -0.1) is 0 Å². The molecule has 1 aliphatic carbocycles. The normalized spacial score (nSPS) is 17.4. The molecule has 0 bridgehead atoms. The van der Waals surface area contributed by atoms with Gasteiger partial charge in [-0.05, 0) is 18.8 Å². The van der Waals surface area contributed by atoms with Crippen molar-refractivity contribution in [3.8, 4) is 0 Å². The summed E-state index contributed by atoms with van der Waals surface area (Å²) >= 11 is 0. The number of rotatable bonds is 3. The predicted molar refractivity (Wildman–Crippen MR) is 58.3 cm³/mol. The van der Waals surface area contributed by atoms with Gasteiger partial charge in [0.25, 0.3) is 0 Å². The summed E-state index contributed by atoms with van der Waals surface area (Å²) in [5, 5.41) is 3.07. The highest BCUT2D eigenvalue weighted by atomic mass is 16.2. The summed E-state index contributed by atoms with van der Waals surface area (Å²) in [6.45, 7) is 5.08. The third kappa shape index (κ3) is 3.56. The number of amides is 2. The average molecular weight is 198 g/mol. The maximum atomic E-state index is 11.6. The number of nitrogens with one attached hydrogen (secondary N) is 1. The maximum absolute atomic E-state index is 11.6. The van der Waals surface area contributed by atoms with Crippen LogP contribution in [-0.2, 0) is 0 Å².